The van der Waals surface area contributed by atoms with Crippen LogP contribution in [0.1, 0.15) is 56.7 Å². The smallest absolute Gasteiger partial charge is 0.273 e. The normalized spacial score (nSPS) is 27.2. The lowest BCUT2D eigenvalue weighted by molar-refractivity contribution is -0.118. The van der Waals surface area contributed by atoms with Crippen LogP contribution in [0.4, 0.5) is 4.39 Å². The summed E-state index contributed by atoms with van der Waals surface area (Å²) in [6.07, 6.45) is 7.29. The summed E-state index contributed by atoms with van der Waals surface area (Å²) in [4.78, 5) is 30.0. The number of nitrogens with one attached hydrogen (secondary N) is 1. The molecule has 3 aliphatic rings. The number of amides is 1. The number of benzene rings is 1. The fraction of sp³-hybridized carbons (Fsp3) is 0.550. The summed E-state index contributed by atoms with van der Waals surface area (Å²) in [6.45, 7) is 0. The Morgan fingerprint density at radius 3 is 2.77 bits per heavy atom. The summed E-state index contributed by atoms with van der Waals surface area (Å²) in [5, 5.41) is 0.330. The Morgan fingerprint density at radius 2 is 2.08 bits per heavy atom. The molecular formula is C20H22FN3O2. The van der Waals surface area contributed by atoms with Crippen LogP contribution < -0.4 is 11.0 Å². The topological polar surface area (TPSA) is 64.0 Å². The number of carbonyl (C=O) groups is 1. The van der Waals surface area contributed by atoms with Crippen molar-refractivity contribution in [2.24, 2.45) is 17.8 Å². The molecular weight excluding hydrogens is 333 g/mol. The third-order valence-corrected chi connectivity index (χ3v) is 6.37. The Balaban J connectivity index is 1.45. The molecule has 3 fully saturated rings. The van der Waals surface area contributed by atoms with Gasteiger partial charge in [0.1, 0.15) is 11.6 Å². The van der Waals surface area contributed by atoms with Gasteiger partial charge in [-0.05, 0) is 62.0 Å². The van der Waals surface area contributed by atoms with Gasteiger partial charge in [0.2, 0.25) is 5.91 Å². The summed E-state index contributed by atoms with van der Waals surface area (Å²) in [6, 6.07) is 3.98. The van der Waals surface area contributed by atoms with E-state index >= 15 is 0 Å². The second kappa shape index (κ2) is 5.89. The Bertz CT molecular complexity index is 950. The summed E-state index contributed by atoms with van der Waals surface area (Å²) < 4.78 is 14.8. The molecule has 3 aliphatic carbocycles. The summed E-state index contributed by atoms with van der Waals surface area (Å²) in [5.74, 6) is 2.09. The third kappa shape index (κ3) is 2.72. The van der Waals surface area contributed by atoms with E-state index in [4.69, 9.17) is 0 Å². The molecule has 1 N–H and O–H groups in total. The van der Waals surface area contributed by atoms with Crippen LogP contribution >= 0.6 is 0 Å². The summed E-state index contributed by atoms with van der Waals surface area (Å²) in [5.41, 5.74) is 2.84. The van der Waals surface area contributed by atoms with Crippen LogP contribution in [-0.4, -0.2) is 15.6 Å². The molecule has 0 radical (unpaired) electrons. The maximum Gasteiger partial charge on any atom is 0.280 e. The van der Waals surface area contributed by atoms with E-state index in [0.717, 1.165) is 25.2 Å². The molecule has 1 amide bonds. The number of hydrogen-bond acceptors (Lipinski definition) is 3. The van der Waals surface area contributed by atoms with Crippen LogP contribution in [0.15, 0.2) is 23.0 Å². The first-order chi connectivity index (χ1) is 12.6. The Morgan fingerprint density at radius 1 is 1.23 bits per heavy atom. The highest BCUT2D eigenvalue weighted by Crippen LogP contribution is 2.49. The lowest BCUT2D eigenvalue weighted by Crippen LogP contribution is -2.37. The minimum Gasteiger partial charge on any atom is -0.273 e. The molecule has 1 heterocycles. The highest BCUT2D eigenvalue weighted by atomic mass is 19.1. The Labute approximate surface area is 150 Å². The van der Waals surface area contributed by atoms with E-state index < -0.39 is 5.82 Å². The highest BCUT2D eigenvalue weighted by molar-refractivity contribution is 5.85. The van der Waals surface area contributed by atoms with Crippen molar-refractivity contribution in [3.8, 4) is 0 Å². The van der Waals surface area contributed by atoms with Gasteiger partial charge in [0.15, 0.2) is 0 Å². The fourth-order valence-corrected chi connectivity index (χ4v) is 4.93. The first-order valence-corrected chi connectivity index (χ1v) is 9.60. The van der Waals surface area contributed by atoms with Crippen molar-refractivity contribution in [1.29, 1.82) is 0 Å². The molecule has 1 aromatic heterocycles. The monoisotopic (exact) mass is 355 g/mol. The maximum absolute atomic E-state index is 13.5. The van der Waals surface area contributed by atoms with Crippen LogP contribution in [0.5, 0.6) is 0 Å². The van der Waals surface area contributed by atoms with Crippen LogP contribution in [0.3, 0.4) is 0 Å². The Kier molecular flexibility index (Phi) is 3.62. The molecule has 1 aromatic carbocycles. The highest BCUT2D eigenvalue weighted by Gasteiger charge is 2.40. The van der Waals surface area contributed by atoms with Crippen LogP contribution in [0.2, 0.25) is 0 Å². The lowest BCUT2D eigenvalue weighted by Gasteiger charge is -2.21. The number of aromatic nitrogens is 2. The molecule has 6 heteroatoms. The molecule has 5 rings (SSSR count). The van der Waals surface area contributed by atoms with Gasteiger partial charge in [0, 0.05) is 18.4 Å². The summed E-state index contributed by atoms with van der Waals surface area (Å²) in [7, 11) is 0. The molecule has 0 aliphatic heterocycles. The van der Waals surface area contributed by atoms with E-state index in [-0.39, 0.29) is 17.4 Å². The number of hydrogen-bond donors (Lipinski definition) is 1. The second-order valence-electron chi connectivity index (χ2n) is 8.22. The van der Waals surface area contributed by atoms with Crippen molar-refractivity contribution >= 4 is 16.8 Å². The predicted molar refractivity (Wildman–Crippen MR) is 95.9 cm³/mol. The minimum absolute atomic E-state index is 0.116. The van der Waals surface area contributed by atoms with E-state index in [1.165, 1.54) is 42.1 Å². The van der Waals surface area contributed by atoms with Gasteiger partial charge < -0.3 is 0 Å². The first-order valence-electron chi connectivity index (χ1n) is 9.60. The molecule has 0 saturated heterocycles. The van der Waals surface area contributed by atoms with Gasteiger partial charge in [-0.25, -0.2) is 14.1 Å². The molecule has 0 spiro atoms. The van der Waals surface area contributed by atoms with Gasteiger partial charge in [-0.3, -0.25) is 15.0 Å². The van der Waals surface area contributed by atoms with E-state index in [0.29, 0.717) is 35.0 Å². The van der Waals surface area contributed by atoms with Crippen molar-refractivity contribution in [2.45, 2.75) is 50.9 Å². The van der Waals surface area contributed by atoms with E-state index in [1.807, 2.05) is 0 Å². The number of fused-ring (bicyclic) bond motifs is 3. The SMILES string of the molecule is O=C(CC1CC2CCC1C2)Nn1c(C2CC2)nc2cc(F)ccc2c1=O. The first kappa shape index (κ1) is 16.0. The van der Waals surface area contributed by atoms with Gasteiger partial charge in [-0.1, -0.05) is 6.42 Å². The van der Waals surface area contributed by atoms with Gasteiger partial charge >= 0.3 is 0 Å². The molecule has 3 saturated carbocycles. The zero-order valence-corrected chi connectivity index (χ0v) is 14.6. The third-order valence-electron chi connectivity index (χ3n) is 6.37. The fourth-order valence-electron chi connectivity index (χ4n) is 4.93. The lowest BCUT2D eigenvalue weighted by atomic mass is 9.86. The van der Waals surface area contributed by atoms with Crippen molar-refractivity contribution in [1.82, 2.24) is 9.66 Å². The number of rotatable bonds is 4. The number of carbonyl (C=O) groups excluding carboxylic acids is 1. The summed E-state index contributed by atoms with van der Waals surface area (Å²) >= 11 is 0. The van der Waals surface area contributed by atoms with Crippen LogP contribution in [-0.2, 0) is 4.79 Å². The zero-order chi connectivity index (χ0) is 17.8. The minimum atomic E-state index is -0.413. The molecule has 2 bridgehead atoms. The van der Waals surface area contributed by atoms with E-state index in [9.17, 15) is 14.0 Å². The average molecular weight is 355 g/mol. The number of halogens is 1. The van der Waals surface area contributed by atoms with Crippen LogP contribution in [0, 0.1) is 23.6 Å². The largest absolute Gasteiger partial charge is 0.280 e. The van der Waals surface area contributed by atoms with Gasteiger partial charge in [0.05, 0.1) is 10.9 Å². The van der Waals surface area contributed by atoms with Crippen molar-refractivity contribution < 1.29 is 9.18 Å². The number of nitrogens with zero attached hydrogens (tertiary/aromatic N) is 2. The molecule has 136 valence electrons. The van der Waals surface area contributed by atoms with Gasteiger partial charge in [0.25, 0.3) is 5.56 Å². The second-order valence-corrected chi connectivity index (χ2v) is 8.22. The van der Waals surface area contributed by atoms with E-state index in [2.05, 4.69) is 10.4 Å². The van der Waals surface area contributed by atoms with Crippen LogP contribution in [0.25, 0.3) is 10.9 Å². The van der Waals surface area contributed by atoms with Gasteiger partial charge in [-0.15, -0.1) is 0 Å². The maximum atomic E-state index is 13.5. The van der Waals surface area contributed by atoms with Crippen molar-refractivity contribution in [2.75, 3.05) is 5.43 Å². The van der Waals surface area contributed by atoms with Gasteiger partial charge in [-0.2, -0.15) is 0 Å². The molecule has 3 unspecified atom stereocenters. The zero-order valence-electron chi connectivity index (χ0n) is 14.6. The predicted octanol–water partition coefficient (Wildman–Crippen LogP) is 3.31. The molecule has 26 heavy (non-hydrogen) atoms. The van der Waals surface area contributed by atoms with Crippen molar-refractivity contribution in [3.63, 3.8) is 0 Å². The standard InChI is InChI=1S/C20H22FN3O2/c21-15-5-6-16-17(10-15)22-19(12-3-4-12)24(20(16)26)23-18(25)9-14-8-11-1-2-13(14)7-11/h5-6,10-14H,1-4,7-9H2,(H,23,25). The average Bonchev–Trinajstić information content (AvgIpc) is 3.25. The quantitative estimate of drug-likeness (QED) is 0.915. The molecule has 5 nitrogen and oxygen atoms in total. The van der Waals surface area contributed by atoms with Crippen molar-refractivity contribution in [3.05, 3.63) is 40.2 Å². The van der Waals surface area contributed by atoms with E-state index in [1.54, 1.807) is 0 Å². The molecule has 3 atom stereocenters. The molecule has 2 aromatic rings. The Hall–Kier alpha value is -2.24.